The van der Waals surface area contributed by atoms with Crippen LogP contribution in [0, 0.1) is 11.8 Å². The molecule has 19 heavy (non-hydrogen) atoms. The highest BCUT2D eigenvalue weighted by Gasteiger charge is 2.41. The lowest BCUT2D eigenvalue weighted by Gasteiger charge is -2.13. The van der Waals surface area contributed by atoms with E-state index in [9.17, 15) is 14.7 Å². The molecule has 4 heteroatoms. The average Bonchev–Trinajstić information content (AvgIpc) is 2.99. The summed E-state index contributed by atoms with van der Waals surface area (Å²) in [5, 5.41) is 12.0. The summed E-state index contributed by atoms with van der Waals surface area (Å²) in [6.07, 6.45) is 4.52. The van der Waals surface area contributed by atoms with E-state index in [1.165, 1.54) is 0 Å². The number of nitrogens with one attached hydrogen (secondary N) is 1. The van der Waals surface area contributed by atoms with Crippen LogP contribution >= 0.6 is 0 Å². The summed E-state index contributed by atoms with van der Waals surface area (Å²) in [6, 6.07) is 9.06. The highest BCUT2D eigenvalue weighted by atomic mass is 16.4. The van der Waals surface area contributed by atoms with E-state index in [1.807, 2.05) is 30.4 Å². The molecule has 0 saturated carbocycles. The minimum absolute atomic E-state index is 0.0557. The van der Waals surface area contributed by atoms with E-state index in [0.29, 0.717) is 17.7 Å². The van der Waals surface area contributed by atoms with Gasteiger partial charge in [-0.05, 0) is 18.6 Å². The number of hydrogen-bond donors (Lipinski definition) is 2. The van der Waals surface area contributed by atoms with Crippen molar-refractivity contribution in [2.24, 2.45) is 11.8 Å². The summed E-state index contributed by atoms with van der Waals surface area (Å²) >= 11 is 0. The summed E-state index contributed by atoms with van der Waals surface area (Å²) in [7, 11) is 0. The molecule has 2 bridgehead atoms. The van der Waals surface area contributed by atoms with Crippen LogP contribution in [0.15, 0.2) is 53.6 Å². The molecule has 0 fully saturated rings. The van der Waals surface area contributed by atoms with Gasteiger partial charge in [0.2, 0.25) is 0 Å². The van der Waals surface area contributed by atoms with Gasteiger partial charge < -0.3 is 10.4 Å². The Hall–Kier alpha value is -2.36. The monoisotopic (exact) mass is 255 g/mol. The largest absolute Gasteiger partial charge is 0.478 e. The van der Waals surface area contributed by atoms with Gasteiger partial charge in [0.05, 0.1) is 5.57 Å². The topological polar surface area (TPSA) is 66.4 Å². The van der Waals surface area contributed by atoms with Gasteiger partial charge in [0.1, 0.15) is 0 Å². The van der Waals surface area contributed by atoms with Gasteiger partial charge in [-0.2, -0.15) is 0 Å². The van der Waals surface area contributed by atoms with Crippen LogP contribution in [0.25, 0.3) is 0 Å². The maximum Gasteiger partial charge on any atom is 0.332 e. The Morgan fingerprint density at radius 3 is 2.32 bits per heavy atom. The number of amides is 1. The number of carbonyl (C=O) groups is 2. The first kappa shape index (κ1) is 11.7. The van der Waals surface area contributed by atoms with Crippen molar-refractivity contribution < 1.29 is 14.7 Å². The number of carboxylic acid groups (broad SMARTS) is 1. The molecule has 0 radical (unpaired) electrons. The summed E-state index contributed by atoms with van der Waals surface area (Å²) in [4.78, 5) is 23.5. The van der Waals surface area contributed by atoms with Gasteiger partial charge >= 0.3 is 5.97 Å². The van der Waals surface area contributed by atoms with Gasteiger partial charge in [0, 0.05) is 23.1 Å². The van der Waals surface area contributed by atoms with Crippen LogP contribution in [0.5, 0.6) is 0 Å². The number of fused-ring (bicyclic) bond motifs is 2. The lowest BCUT2D eigenvalue weighted by Crippen LogP contribution is -2.21. The molecule has 0 heterocycles. The molecule has 3 rings (SSSR count). The Kier molecular flexibility index (Phi) is 2.71. The Labute approximate surface area is 110 Å². The minimum atomic E-state index is -0.991. The predicted octanol–water partition coefficient (Wildman–Crippen LogP) is 2.21. The molecule has 2 aliphatic carbocycles. The molecule has 0 unspecified atom stereocenters. The number of anilines is 1. The standard InChI is InChI=1S/C15H13NO3/c17-14(16-11-4-2-1-3-5-11)12-9-6-7-10(8-9)13(12)15(18)19/h1-7,9-10H,8H2,(H,16,17)(H,18,19)/t9-,10+/m0/s1. The maximum atomic E-state index is 12.3. The van der Waals surface area contributed by atoms with Gasteiger partial charge in [-0.15, -0.1) is 0 Å². The van der Waals surface area contributed by atoms with Gasteiger partial charge in [-0.25, -0.2) is 4.79 Å². The first-order valence-electron chi connectivity index (χ1n) is 6.19. The van der Waals surface area contributed by atoms with E-state index in [-0.39, 0.29) is 23.3 Å². The van der Waals surface area contributed by atoms with Crippen LogP contribution in [-0.4, -0.2) is 17.0 Å². The fraction of sp³-hybridized carbons (Fsp3) is 0.200. The van der Waals surface area contributed by atoms with Crippen molar-refractivity contribution in [1.82, 2.24) is 0 Å². The average molecular weight is 255 g/mol. The molecule has 2 atom stereocenters. The Bertz CT molecular complexity index is 601. The van der Waals surface area contributed by atoms with Crippen LogP contribution in [0.4, 0.5) is 5.69 Å². The zero-order chi connectivity index (χ0) is 13.4. The fourth-order valence-electron chi connectivity index (χ4n) is 2.81. The molecule has 0 saturated heterocycles. The number of carbonyl (C=O) groups excluding carboxylic acids is 1. The number of allylic oxidation sites excluding steroid dienone is 2. The number of benzene rings is 1. The van der Waals surface area contributed by atoms with E-state index < -0.39 is 5.97 Å². The number of rotatable bonds is 3. The van der Waals surface area contributed by atoms with Crippen LogP contribution in [0.3, 0.4) is 0 Å². The second kappa shape index (κ2) is 4.39. The molecule has 2 N–H and O–H groups in total. The van der Waals surface area contributed by atoms with E-state index >= 15 is 0 Å². The van der Waals surface area contributed by atoms with Crippen molar-refractivity contribution in [3.05, 3.63) is 53.6 Å². The molecule has 1 aromatic rings. The van der Waals surface area contributed by atoms with Crippen molar-refractivity contribution in [2.45, 2.75) is 6.42 Å². The van der Waals surface area contributed by atoms with E-state index in [4.69, 9.17) is 0 Å². The quantitative estimate of drug-likeness (QED) is 0.814. The van der Waals surface area contributed by atoms with Gasteiger partial charge in [-0.3, -0.25) is 4.79 Å². The molecule has 4 nitrogen and oxygen atoms in total. The number of para-hydroxylation sites is 1. The minimum Gasteiger partial charge on any atom is -0.478 e. The molecule has 96 valence electrons. The highest BCUT2D eigenvalue weighted by Crippen LogP contribution is 2.44. The number of aliphatic carboxylic acids is 1. The summed E-state index contributed by atoms with van der Waals surface area (Å²) in [6.45, 7) is 0. The lowest BCUT2D eigenvalue weighted by atomic mass is 9.96. The smallest absolute Gasteiger partial charge is 0.332 e. The molecule has 0 spiro atoms. The second-order valence-electron chi connectivity index (χ2n) is 4.79. The highest BCUT2D eigenvalue weighted by molar-refractivity contribution is 6.10. The normalized spacial score (nSPS) is 23.8. The maximum absolute atomic E-state index is 12.3. The first-order valence-corrected chi connectivity index (χ1v) is 6.19. The van der Waals surface area contributed by atoms with Crippen molar-refractivity contribution in [1.29, 1.82) is 0 Å². The van der Waals surface area contributed by atoms with Gasteiger partial charge in [-0.1, -0.05) is 30.4 Å². The number of hydrogen-bond acceptors (Lipinski definition) is 2. The van der Waals surface area contributed by atoms with Crippen LogP contribution < -0.4 is 5.32 Å². The SMILES string of the molecule is O=C(O)C1=C(C(=O)Nc2ccccc2)[C@H]2C=C[C@@H]1C2. The van der Waals surface area contributed by atoms with E-state index in [2.05, 4.69) is 5.32 Å². The third-order valence-electron chi connectivity index (χ3n) is 3.62. The van der Waals surface area contributed by atoms with Crippen LogP contribution in [0.2, 0.25) is 0 Å². The summed E-state index contributed by atoms with van der Waals surface area (Å²) < 4.78 is 0. The molecule has 1 aromatic carbocycles. The Morgan fingerprint density at radius 2 is 1.68 bits per heavy atom. The Morgan fingerprint density at radius 1 is 1.05 bits per heavy atom. The zero-order valence-electron chi connectivity index (χ0n) is 10.2. The third kappa shape index (κ3) is 1.95. The fourth-order valence-corrected chi connectivity index (χ4v) is 2.81. The molecule has 0 aromatic heterocycles. The number of carboxylic acids is 1. The first-order chi connectivity index (χ1) is 9.16. The van der Waals surface area contributed by atoms with Crippen LogP contribution in [-0.2, 0) is 9.59 Å². The predicted molar refractivity (Wildman–Crippen MR) is 70.5 cm³/mol. The van der Waals surface area contributed by atoms with E-state index in [0.717, 1.165) is 0 Å². The zero-order valence-corrected chi connectivity index (χ0v) is 10.2. The third-order valence-corrected chi connectivity index (χ3v) is 3.62. The van der Waals surface area contributed by atoms with Crippen molar-refractivity contribution in [3.63, 3.8) is 0 Å². The second-order valence-corrected chi connectivity index (χ2v) is 4.79. The van der Waals surface area contributed by atoms with Gasteiger partial charge in [0.25, 0.3) is 5.91 Å². The molecular formula is C15H13NO3. The van der Waals surface area contributed by atoms with Crippen molar-refractivity contribution >= 4 is 17.6 Å². The lowest BCUT2D eigenvalue weighted by molar-refractivity contribution is -0.133. The van der Waals surface area contributed by atoms with Crippen molar-refractivity contribution in [3.8, 4) is 0 Å². The van der Waals surface area contributed by atoms with Crippen LogP contribution in [0.1, 0.15) is 6.42 Å². The molecular weight excluding hydrogens is 242 g/mol. The Balaban J connectivity index is 1.89. The van der Waals surface area contributed by atoms with Gasteiger partial charge in [0.15, 0.2) is 0 Å². The van der Waals surface area contributed by atoms with Crippen molar-refractivity contribution in [2.75, 3.05) is 5.32 Å². The summed E-state index contributed by atoms with van der Waals surface area (Å²) in [5.41, 5.74) is 1.33. The summed E-state index contributed by atoms with van der Waals surface area (Å²) in [5.74, 6) is -1.46. The molecule has 2 aliphatic rings. The molecule has 0 aliphatic heterocycles. The molecule has 1 amide bonds. The van der Waals surface area contributed by atoms with E-state index in [1.54, 1.807) is 12.1 Å².